The van der Waals surface area contributed by atoms with Crippen molar-refractivity contribution < 1.29 is 0 Å². The van der Waals surface area contributed by atoms with Gasteiger partial charge in [0.1, 0.15) is 0 Å². The van der Waals surface area contributed by atoms with Gasteiger partial charge in [0.2, 0.25) is 0 Å². The third-order valence-electron chi connectivity index (χ3n) is 4.18. The van der Waals surface area contributed by atoms with Gasteiger partial charge in [0.15, 0.2) is 0 Å². The summed E-state index contributed by atoms with van der Waals surface area (Å²) in [6.45, 7) is 1.93. The molecular formula is C20H17N3OS. The molecule has 4 rings (SSSR count). The number of nitrogens with zero attached hydrogens (tertiary/aromatic N) is 3. The Morgan fingerprint density at radius 1 is 1.04 bits per heavy atom. The van der Waals surface area contributed by atoms with Gasteiger partial charge in [0.25, 0.3) is 0 Å². The van der Waals surface area contributed by atoms with E-state index in [1.807, 2.05) is 68.6 Å². The number of benzene rings is 2. The summed E-state index contributed by atoms with van der Waals surface area (Å²) in [6, 6.07) is 19.8. The van der Waals surface area contributed by atoms with Crippen molar-refractivity contribution in [3.63, 3.8) is 0 Å². The molecule has 0 fully saturated rings. The first-order valence-electron chi connectivity index (χ1n) is 8.02. The fourth-order valence-corrected chi connectivity index (χ4v) is 4.06. The summed E-state index contributed by atoms with van der Waals surface area (Å²) in [5, 5.41) is 1.06. The molecular weight excluding hydrogens is 330 g/mol. The van der Waals surface area contributed by atoms with Crippen LogP contribution >= 0.6 is 11.8 Å². The fraction of sp³-hybridized carbons (Fsp3) is 0.100. The van der Waals surface area contributed by atoms with Crippen molar-refractivity contribution in [1.29, 1.82) is 0 Å². The minimum atomic E-state index is -0.263. The fourth-order valence-electron chi connectivity index (χ4n) is 2.96. The molecule has 0 atom stereocenters. The zero-order valence-corrected chi connectivity index (χ0v) is 14.8. The Hall–Kier alpha value is -2.79. The number of rotatable bonds is 2. The average Bonchev–Trinajstić information content (AvgIpc) is 2.91. The second kappa shape index (κ2) is 6.26. The Kier molecular flexibility index (Phi) is 3.93. The summed E-state index contributed by atoms with van der Waals surface area (Å²) in [6.07, 6.45) is 1.97. The van der Waals surface area contributed by atoms with Gasteiger partial charge in [0.05, 0.1) is 22.1 Å². The molecule has 0 amide bonds. The Morgan fingerprint density at radius 3 is 2.48 bits per heavy atom. The molecule has 4 nitrogen and oxygen atoms in total. The molecule has 0 bridgehead atoms. The van der Waals surface area contributed by atoms with Gasteiger partial charge >= 0.3 is 5.69 Å². The van der Waals surface area contributed by atoms with E-state index in [9.17, 15) is 4.79 Å². The lowest BCUT2D eigenvalue weighted by molar-refractivity contribution is 0.867. The van der Waals surface area contributed by atoms with E-state index in [0.717, 1.165) is 16.4 Å². The van der Waals surface area contributed by atoms with Crippen LogP contribution in [0, 0.1) is 6.92 Å². The molecule has 1 aliphatic heterocycles. The Labute approximate surface area is 150 Å². The molecule has 124 valence electrons. The first kappa shape index (κ1) is 15.7. The summed E-state index contributed by atoms with van der Waals surface area (Å²) in [4.78, 5) is 20.1. The van der Waals surface area contributed by atoms with E-state index in [4.69, 9.17) is 0 Å². The zero-order chi connectivity index (χ0) is 17.4. The molecule has 1 aromatic heterocycles. The minimum Gasteiger partial charge on any atom is -0.338 e. The van der Waals surface area contributed by atoms with Crippen molar-refractivity contribution in [2.75, 3.05) is 11.9 Å². The van der Waals surface area contributed by atoms with Crippen LogP contribution in [-0.4, -0.2) is 16.6 Å². The third kappa shape index (κ3) is 2.87. The molecule has 2 heterocycles. The number of aryl methyl sites for hydroxylation is 1. The van der Waals surface area contributed by atoms with Crippen LogP contribution in [0.1, 0.15) is 11.4 Å². The van der Waals surface area contributed by atoms with Crippen LogP contribution in [0.2, 0.25) is 0 Å². The van der Waals surface area contributed by atoms with Crippen LogP contribution in [0.25, 0.3) is 11.8 Å². The topological polar surface area (TPSA) is 38.1 Å². The monoisotopic (exact) mass is 347 g/mol. The summed E-state index contributed by atoms with van der Waals surface area (Å²) in [5.41, 5.74) is 3.28. The van der Waals surface area contributed by atoms with Crippen LogP contribution in [0.15, 0.2) is 75.4 Å². The molecule has 25 heavy (non-hydrogen) atoms. The lowest BCUT2D eigenvalue weighted by Gasteiger charge is -2.14. The van der Waals surface area contributed by atoms with E-state index in [1.165, 1.54) is 10.6 Å². The molecule has 5 heteroatoms. The van der Waals surface area contributed by atoms with Gasteiger partial charge in [-0.1, -0.05) is 42.1 Å². The van der Waals surface area contributed by atoms with Gasteiger partial charge in [-0.2, -0.15) is 4.98 Å². The minimum absolute atomic E-state index is 0.263. The molecule has 3 aromatic rings. The van der Waals surface area contributed by atoms with Gasteiger partial charge in [-0.05, 0) is 43.3 Å². The van der Waals surface area contributed by atoms with Crippen molar-refractivity contribution in [2.24, 2.45) is 0 Å². The number of para-hydroxylation sites is 2. The van der Waals surface area contributed by atoms with Crippen molar-refractivity contribution in [2.45, 2.75) is 11.8 Å². The van der Waals surface area contributed by atoms with Crippen LogP contribution < -0.4 is 10.6 Å². The second-order valence-electron chi connectivity index (χ2n) is 5.89. The average molecular weight is 347 g/mol. The molecule has 0 saturated carbocycles. The predicted octanol–water partition coefficient (Wildman–Crippen LogP) is 4.08. The van der Waals surface area contributed by atoms with Gasteiger partial charge in [-0.15, -0.1) is 0 Å². The van der Waals surface area contributed by atoms with Crippen LogP contribution in [0.4, 0.5) is 5.69 Å². The summed E-state index contributed by atoms with van der Waals surface area (Å²) in [5.74, 6) is 0. The van der Waals surface area contributed by atoms with E-state index >= 15 is 0 Å². The molecule has 0 saturated heterocycles. The zero-order valence-electron chi connectivity index (χ0n) is 14.0. The number of hydrogen-bond acceptors (Lipinski definition) is 4. The van der Waals surface area contributed by atoms with Crippen LogP contribution in [0.3, 0.4) is 0 Å². The number of thioether (sulfide) groups is 1. The highest BCUT2D eigenvalue weighted by atomic mass is 32.2. The third-order valence-corrected chi connectivity index (χ3v) is 5.35. The van der Waals surface area contributed by atoms with Gasteiger partial charge in [-0.25, -0.2) is 4.79 Å². The summed E-state index contributed by atoms with van der Waals surface area (Å²) < 4.78 is 1.63. The highest BCUT2D eigenvalue weighted by Gasteiger charge is 2.21. The molecule has 1 aliphatic rings. The number of aromatic nitrogens is 2. The Bertz CT molecular complexity index is 1020. The highest BCUT2D eigenvalue weighted by Crippen LogP contribution is 2.45. The van der Waals surface area contributed by atoms with E-state index in [2.05, 4.69) is 22.0 Å². The van der Waals surface area contributed by atoms with Gasteiger partial charge < -0.3 is 4.90 Å². The van der Waals surface area contributed by atoms with Gasteiger partial charge in [0, 0.05) is 17.6 Å². The van der Waals surface area contributed by atoms with Gasteiger partial charge in [-0.3, -0.25) is 4.57 Å². The maximum absolute atomic E-state index is 12.5. The first-order chi connectivity index (χ1) is 12.1. The lowest BCUT2D eigenvalue weighted by Crippen LogP contribution is -2.24. The quantitative estimate of drug-likeness (QED) is 0.700. The van der Waals surface area contributed by atoms with E-state index in [-0.39, 0.29) is 5.69 Å². The lowest BCUT2D eigenvalue weighted by atomic mass is 10.2. The predicted molar refractivity (Wildman–Crippen MR) is 103 cm³/mol. The highest BCUT2D eigenvalue weighted by molar-refractivity contribution is 8.03. The smallest absolute Gasteiger partial charge is 0.338 e. The maximum atomic E-state index is 12.5. The van der Waals surface area contributed by atoms with Crippen molar-refractivity contribution in [1.82, 2.24) is 9.55 Å². The molecule has 2 aromatic carbocycles. The Balaban J connectivity index is 1.73. The van der Waals surface area contributed by atoms with Crippen LogP contribution in [-0.2, 0) is 0 Å². The molecule has 0 N–H and O–H groups in total. The van der Waals surface area contributed by atoms with E-state index in [1.54, 1.807) is 16.3 Å². The second-order valence-corrected chi connectivity index (χ2v) is 6.95. The first-order valence-corrected chi connectivity index (χ1v) is 8.83. The maximum Gasteiger partial charge on any atom is 0.352 e. The van der Waals surface area contributed by atoms with Crippen LogP contribution in [0.5, 0.6) is 0 Å². The molecule has 0 radical (unpaired) electrons. The number of fused-ring (bicyclic) bond motifs is 1. The number of anilines is 1. The molecule has 0 unspecified atom stereocenters. The molecule has 0 aliphatic carbocycles. The van der Waals surface area contributed by atoms with Crippen molar-refractivity contribution in [3.05, 3.63) is 87.6 Å². The van der Waals surface area contributed by atoms with Crippen molar-refractivity contribution >= 4 is 23.5 Å². The summed E-state index contributed by atoms with van der Waals surface area (Å²) >= 11 is 1.69. The SMILES string of the molecule is Cc1cc(/C=C2\Sc3ccccc3N2C)nc(=O)n1-c1ccccc1. The van der Waals surface area contributed by atoms with E-state index < -0.39 is 0 Å². The standard InChI is InChI=1S/C20H17N3OS/c1-14-12-15(21-20(24)23(14)16-8-4-3-5-9-16)13-19-22(2)17-10-6-7-11-18(17)25-19/h3-13H,1-2H3/b19-13-. The van der Waals surface area contributed by atoms with Crippen molar-refractivity contribution in [3.8, 4) is 5.69 Å². The Morgan fingerprint density at radius 2 is 1.76 bits per heavy atom. The summed E-state index contributed by atoms with van der Waals surface area (Å²) in [7, 11) is 2.03. The largest absolute Gasteiger partial charge is 0.352 e. The normalized spacial score (nSPS) is 14.8. The number of hydrogen-bond donors (Lipinski definition) is 0. The molecule has 0 spiro atoms. The van der Waals surface area contributed by atoms with E-state index in [0.29, 0.717) is 5.69 Å².